The highest BCUT2D eigenvalue weighted by Gasteiger charge is 2.20. The molecule has 0 unspecified atom stereocenters. The van der Waals surface area contributed by atoms with Gasteiger partial charge in [0.15, 0.2) is 0 Å². The molecule has 0 saturated heterocycles. The summed E-state index contributed by atoms with van der Waals surface area (Å²) in [5.74, 6) is -0.733. The van der Waals surface area contributed by atoms with E-state index < -0.39 is 16.0 Å². The number of hydrogen-bond donors (Lipinski definition) is 1. The van der Waals surface area contributed by atoms with Crippen LogP contribution in [0.25, 0.3) is 0 Å². The van der Waals surface area contributed by atoms with Crippen molar-refractivity contribution < 1.29 is 22.6 Å². The zero-order valence-corrected chi connectivity index (χ0v) is 15.0. The molecule has 0 aliphatic heterocycles. The Morgan fingerprint density at radius 3 is 2.04 bits per heavy atom. The summed E-state index contributed by atoms with van der Waals surface area (Å²) in [4.78, 5) is 24.8. The highest BCUT2D eigenvalue weighted by Crippen LogP contribution is 2.20. The highest BCUT2D eigenvalue weighted by molar-refractivity contribution is 7.85. The number of amides is 2. The normalized spacial score (nSPS) is 11.3. The lowest BCUT2D eigenvalue weighted by Crippen LogP contribution is -2.35. The Morgan fingerprint density at radius 2 is 1.54 bits per heavy atom. The first-order valence-corrected chi connectivity index (χ1v) is 9.62. The van der Waals surface area contributed by atoms with Gasteiger partial charge in [-0.25, -0.2) is 0 Å². The van der Waals surface area contributed by atoms with Crippen LogP contribution in [0.5, 0.6) is 0 Å². The number of benzene rings is 1. The molecule has 2 amide bonds. The molecule has 24 heavy (non-hydrogen) atoms. The summed E-state index contributed by atoms with van der Waals surface area (Å²) in [5.41, 5.74) is 0.297. The molecule has 1 aromatic rings. The van der Waals surface area contributed by atoms with Gasteiger partial charge in [-0.05, 0) is 30.7 Å². The quantitative estimate of drug-likeness (QED) is 0.540. The fourth-order valence-corrected chi connectivity index (χ4v) is 2.92. The standard InChI is InChI=1S/C17H25NO5S/c1-3-4-5-6-7-8-9-17(20)18(14(2)19)15-10-12-16(13-11-15)24(21,22)23/h10-13H,3-9H2,1-2H3,(H,21,22,23). The van der Waals surface area contributed by atoms with Crippen molar-refractivity contribution in [3.8, 4) is 0 Å². The van der Waals surface area contributed by atoms with Crippen molar-refractivity contribution in [1.82, 2.24) is 0 Å². The number of hydrogen-bond acceptors (Lipinski definition) is 4. The van der Waals surface area contributed by atoms with E-state index in [9.17, 15) is 18.0 Å². The van der Waals surface area contributed by atoms with Gasteiger partial charge in [-0.2, -0.15) is 8.42 Å². The van der Waals surface area contributed by atoms with E-state index in [0.29, 0.717) is 5.69 Å². The molecule has 0 radical (unpaired) electrons. The van der Waals surface area contributed by atoms with Gasteiger partial charge in [-0.1, -0.05) is 39.0 Å². The summed E-state index contributed by atoms with van der Waals surface area (Å²) in [6.45, 7) is 3.43. The SMILES string of the molecule is CCCCCCCCC(=O)N(C(C)=O)c1ccc(S(=O)(=O)O)cc1. The molecule has 0 atom stereocenters. The van der Waals surface area contributed by atoms with Gasteiger partial charge >= 0.3 is 0 Å². The number of anilines is 1. The molecule has 0 aliphatic rings. The number of rotatable bonds is 9. The molecule has 134 valence electrons. The molecule has 6 nitrogen and oxygen atoms in total. The molecule has 1 aromatic carbocycles. The minimum atomic E-state index is -4.30. The molecule has 1 N–H and O–H groups in total. The van der Waals surface area contributed by atoms with Gasteiger partial charge in [0.25, 0.3) is 10.1 Å². The van der Waals surface area contributed by atoms with Crippen molar-refractivity contribution in [3.63, 3.8) is 0 Å². The largest absolute Gasteiger partial charge is 0.294 e. The molecular formula is C17H25NO5S. The van der Waals surface area contributed by atoms with Crippen molar-refractivity contribution in [1.29, 1.82) is 0 Å². The van der Waals surface area contributed by atoms with E-state index in [2.05, 4.69) is 6.92 Å². The van der Waals surface area contributed by atoms with Gasteiger partial charge in [0.05, 0.1) is 10.6 Å². The molecule has 0 aromatic heterocycles. The van der Waals surface area contributed by atoms with Gasteiger partial charge in [0, 0.05) is 13.3 Å². The van der Waals surface area contributed by atoms with Crippen molar-refractivity contribution in [2.45, 2.75) is 63.7 Å². The van der Waals surface area contributed by atoms with Crippen molar-refractivity contribution in [3.05, 3.63) is 24.3 Å². The lowest BCUT2D eigenvalue weighted by molar-refractivity contribution is -0.125. The molecular weight excluding hydrogens is 330 g/mol. The van der Waals surface area contributed by atoms with E-state index in [-0.39, 0.29) is 17.2 Å². The van der Waals surface area contributed by atoms with E-state index in [1.807, 2.05) is 0 Å². The van der Waals surface area contributed by atoms with Crippen LogP contribution in [0.2, 0.25) is 0 Å². The van der Waals surface area contributed by atoms with Crippen LogP contribution in [0.4, 0.5) is 5.69 Å². The van der Waals surface area contributed by atoms with E-state index in [1.54, 1.807) is 0 Å². The molecule has 0 aliphatic carbocycles. The number of unbranched alkanes of at least 4 members (excludes halogenated alkanes) is 5. The monoisotopic (exact) mass is 355 g/mol. The Labute approximate surface area is 143 Å². The van der Waals surface area contributed by atoms with E-state index in [0.717, 1.165) is 37.0 Å². The number of carbonyl (C=O) groups excluding carboxylic acids is 2. The summed E-state index contributed by atoms with van der Waals surface area (Å²) in [6, 6.07) is 5.00. The second-order valence-electron chi connectivity index (χ2n) is 5.73. The Bertz CT molecular complexity index is 652. The average Bonchev–Trinajstić information content (AvgIpc) is 2.50. The van der Waals surface area contributed by atoms with E-state index >= 15 is 0 Å². The predicted octanol–water partition coefficient (Wildman–Crippen LogP) is 3.56. The number of imide groups is 1. The fraction of sp³-hybridized carbons (Fsp3) is 0.529. The second kappa shape index (κ2) is 9.54. The zero-order valence-electron chi connectivity index (χ0n) is 14.2. The Kier molecular flexibility index (Phi) is 8.07. The van der Waals surface area contributed by atoms with Crippen molar-refractivity contribution in [2.24, 2.45) is 0 Å². The van der Waals surface area contributed by atoms with Crippen LogP contribution in [-0.4, -0.2) is 24.8 Å². The van der Waals surface area contributed by atoms with Crippen LogP contribution in [0.3, 0.4) is 0 Å². The van der Waals surface area contributed by atoms with Gasteiger partial charge < -0.3 is 0 Å². The first kappa shape index (κ1) is 20.3. The lowest BCUT2D eigenvalue weighted by atomic mass is 10.1. The van der Waals surface area contributed by atoms with Crippen LogP contribution in [0.1, 0.15) is 58.8 Å². The highest BCUT2D eigenvalue weighted by atomic mass is 32.2. The summed E-state index contributed by atoms with van der Waals surface area (Å²) < 4.78 is 31.0. The minimum Gasteiger partial charge on any atom is -0.282 e. The maximum Gasteiger partial charge on any atom is 0.294 e. The molecule has 7 heteroatoms. The van der Waals surface area contributed by atoms with Gasteiger partial charge in [0.1, 0.15) is 0 Å². The first-order chi connectivity index (χ1) is 11.3. The van der Waals surface area contributed by atoms with Crippen LogP contribution < -0.4 is 4.90 Å². The van der Waals surface area contributed by atoms with Gasteiger partial charge in [-0.3, -0.25) is 19.0 Å². The van der Waals surface area contributed by atoms with Gasteiger partial charge in [0.2, 0.25) is 11.8 Å². The smallest absolute Gasteiger partial charge is 0.282 e. The Morgan fingerprint density at radius 1 is 1.00 bits per heavy atom. The first-order valence-electron chi connectivity index (χ1n) is 8.18. The molecule has 0 spiro atoms. The topological polar surface area (TPSA) is 91.8 Å². The maximum absolute atomic E-state index is 12.3. The predicted molar refractivity (Wildman–Crippen MR) is 92.4 cm³/mol. The fourth-order valence-electron chi connectivity index (χ4n) is 2.44. The van der Waals surface area contributed by atoms with Crippen LogP contribution in [-0.2, 0) is 19.7 Å². The zero-order chi connectivity index (χ0) is 18.2. The van der Waals surface area contributed by atoms with Crippen molar-refractivity contribution in [2.75, 3.05) is 4.90 Å². The Hall–Kier alpha value is -1.73. The molecule has 0 fully saturated rings. The summed E-state index contributed by atoms with van der Waals surface area (Å²) in [6.07, 6.45) is 6.51. The van der Waals surface area contributed by atoms with Crippen LogP contribution in [0, 0.1) is 0 Å². The third-order valence-electron chi connectivity index (χ3n) is 3.70. The van der Waals surface area contributed by atoms with Crippen LogP contribution in [0.15, 0.2) is 29.2 Å². The molecule has 0 saturated carbocycles. The van der Waals surface area contributed by atoms with Gasteiger partial charge in [-0.15, -0.1) is 0 Å². The number of nitrogens with zero attached hydrogens (tertiary/aromatic N) is 1. The number of carbonyl (C=O) groups is 2. The van der Waals surface area contributed by atoms with Crippen LogP contribution >= 0.6 is 0 Å². The summed E-state index contributed by atoms with van der Waals surface area (Å²) >= 11 is 0. The van der Waals surface area contributed by atoms with E-state index in [1.165, 1.54) is 37.6 Å². The molecule has 0 bridgehead atoms. The molecule has 0 heterocycles. The minimum absolute atomic E-state index is 0.270. The third-order valence-corrected chi connectivity index (χ3v) is 4.57. The third kappa shape index (κ3) is 6.41. The molecule has 1 rings (SSSR count). The summed E-state index contributed by atoms with van der Waals surface area (Å²) in [5, 5.41) is 0. The second-order valence-corrected chi connectivity index (χ2v) is 7.16. The van der Waals surface area contributed by atoms with Crippen molar-refractivity contribution >= 4 is 27.6 Å². The average molecular weight is 355 g/mol. The maximum atomic E-state index is 12.3. The Balaban J connectivity index is 2.69. The van der Waals surface area contributed by atoms with E-state index in [4.69, 9.17) is 4.55 Å². The lowest BCUT2D eigenvalue weighted by Gasteiger charge is -2.19. The summed E-state index contributed by atoms with van der Waals surface area (Å²) in [7, 11) is -4.30.